The van der Waals surface area contributed by atoms with Crippen LogP contribution in [0.4, 0.5) is 23.7 Å². The van der Waals surface area contributed by atoms with Crippen LogP contribution in [0, 0.1) is 0 Å². The van der Waals surface area contributed by atoms with Crippen molar-refractivity contribution in [1.82, 2.24) is 4.98 Å². The Hall–Kier alpha value is -2.90. The number of nitrogens with zero attached hydrogens (tertiary/aromatic N) is 2. The van der Waals surface area contributed by atoms with Crippen LogP contribution in [0.15, 0.2) is 53.8 Å². The third-order valence-corrected chi connectivity index (χ3v) is 2.47. The van der Waals surface area contributed by atoms with Gasteiger partial charge in [-0.25, -0.2) is 4.79 Å². The second kappa shape index (κ2) is 6.70. The highest BCUT2D eigenvalue weighted by Crippen LogP contribution is 2.29. The van der Waals surface area contributed by atoms with Crippen molar-refractivity contribution in [2.45, 2.75) is 6.18 Å². The Balaban J connectivity index is 1.88. The van der Waals surface area contributed by atoms with E-state index in [2.05, 4.69) is 20.3 Å². The lowest BCUT2D eigenvalue weighted by atomic mass is 10.2. The van der Waals surface area contributed by atoms with E-state index in [4.69, 9.17) is 0 Å². The van der Waals surface area contributed by atoms with Crippen molar-refractivity contribution >= 4 is 18.0 Å². The molecule has 2 aromatic rings. The van der Waals surface area contributed by atoms with Crippen LogP contribution in [0.1, 0.15) is 11.3 Å². The fraction of sp³-hybridized carbons (Fsp3) is 0.0714. The maximum absolute atomic E-state index is 12.4. The third kappa shape index (κ3) is 4.58. The van der Waals surface area contributed by atoms with E-state index in [9.17, 15) is 18.0 Å². The quantitative estimate of drug-likeness (QED) is 0.534. The SMILES string of the molecule is O=C(Nc1ccc(C(F)(F)F)cc1)O/N=C/c1ccccn1. The predicted octanol–water partition coefficient (Wildman–Crippen LogP) is 3.68. The molecule has 0 aliphatic heterocycles. The zero-order valence-corrected chi connectivity index (χ0v) is 11.0. The molecule has 0 aliphatic carbocycles. The van der Waals surface area contributed by atoms with Crippen LogP contribution < -0.4 is 5.32 Å². The molecule has 114 valence electrons. The van der Waals surface area contributed by atoms with Gasteiger partial charge in [0.1, 0.15) is 0 Å². The van der Waals surface area contributed by atoms with Gasteiger partial charge in [0.05, 0.1) is 17.5 Å². The third-order valence-electron chi connectivity index (χ3n) is 2.47. The van der Waals surface area contributed by atoms with E-state index < -0.39 is 17.8 Å². The average molecular weight is 309 g/mol. The van der Waals surface area contributed by atoms with Crippen LogP contribution in [-0.2, 0) is 11.0 Å². The Morgan fingerprint density at radius 2 is 1.91 bits per heavy atom. The number of pyridine rings is 1. The number of aromatic nitrogens is 1. The number of nitrogens with one attached hydrogen (secondary N) is 1. The zero-order chi connectivity index (χ0) is 16.0. The molecule has 0 radical (unpaired) electrons. The molecule has 0 aliphatic rings. The van der Waals surface area contributed by atoms with Crippen molar-refractivity contribution in [3.63, 3.8) is 0 Å². The number of alkyl halides is 3. The molecule has 0 saturated carbocycles. The number of halogens is 3. The smallest absolute Gasteiger partial charge is 0.298 e. The maximum Gasteiger partial charge on any atom is 0.437 e. The highest BCUT2D eigenvalue weighted by atomic mass is 19.4. The molecule has 0 saturated heterocycles. The molecule has 2 rings (SSSR count). The van der Waals surface area contributed by atoms with Crippen LogP contribution in [0.5, 0.6) is 0 Å². The highest BCUT2D eigenvalue weighted by Gasteiger charge is 2.29. The van der Waals surface area contributed by atoms with E-state index in [0.717, 1.165) is 24.3 Å². The highest BCUT2D eigenvalue weighted by molar-refractivity contribution is 5.85. The van der Waals surface area contributed by atoms with Crippen molar-refractivity contribution in [3.05, 3.63) is 59.9 Å². The van der Waals surface area contributed by atoms with E-state index >= 15 is 0 Å². The molecule has 1 aromatic carbocycles. The lowest BCUT2D eigenvalue weighted by molar-refractivity contribution is -0.137. The van der Waals surface area contributed by atoms with Gasteiger partial charge in [0.15, 0.2) is 0 Å². The van der Waals surface area contributed by atoms with E-state index in [1.54, 1.807) is 24.4 Å². The average Bonchev–Trinajstić information content (AvgIpc) is 2.48. The minimum Gasteiger partial charge on any atom is -0.298 e. The molecule has 0 unspecified atom stereocenters. The van der Waals surface area contributed by atoms with Gasteiger partial charge in [-0.15, -0.1) is 0 Å². The number of carbonyl (C=O) groups excluding carboxylic acids is 1. The molecular formula is C14H10F3N3O2. The lowest BCUT2D eigenvalue weighted by Crippen LogP contribution is -2.11. The number of carbonyl (C=O) groups is 1. The van der Waals surface area contributed by atoms with Crippen LogP contribution in [0.25, 0.3) is 0 Å². The summed E-state index contributed by atoms with van der Waals surface area (Å²) in [6, 6.07) is 9.05. The van der Waals surface area contributed by atoms with E-state index in [1.165, 1.54) is 6.21 Å². The summed E-state index contributed by atoms with van der Waals surface area (Å²) in [5, 5.41) is 5.66. The van der Waals surface area contributed by atoms with Gasteiger partial charge in [-0.3, -0.25) is 15.1 Å². The molecule has 1 heterocycles. The first-order chi connectivity index (χ1) is 10.4. The second-order valence-corrected chi connectivity index (χ2v) is 4.07. The Morgan fingerprint density at radius 3 is 2.50 bits per heavy atom. The number of oxime groups is 1. The normalized spacial score (nSPS) is 11.4. The Bertz CT molecular complexity index is 655. The van der Waals surface area contributed by atoms with Crippen LogP contribution in [0.2, 0.25) is 0 Å². The first-order valence-corrected chi connectivity index (χ1v) is 6.05. The summed E-state index contributed by atoms with van der Waals surface area (Å²) in [6.07, 6.45) is -2.57. The van der Waals surface area contributed by atoms with E-state index in [-0.39, 0.29) is 5.69 Å². The van der Waals surface area contributed by atoms with Gasteiger partial charge >= 0.3 is 12.3 Å². The monoisotopic (exact) mass is 309 g/mol. The van der Waals surface area contributed by atoms with Gasteiger partial charge in [-0.05, 0) is 36.4 Å². The van der Waals surface area contributed by atoms with Crippen molar-refractivity contribution in [2.24, 2.45) is 5.16 Å². The number of hydrogen-bond donors (Lipinski definition) is 1. The molecule has 1 aromatic heterocycles. The number of rotatable bonds is 3. The first-order valence-electron chi connectivity index (χ1n) is 6.05. The van der Waals surface area contributed by atoms with Crippen molar-refractivity contribution < 1.29 is 22.8 Å². The number of anilines is 1. The standard InChI is InChI=1S/C14H10F3N3O2/c15-14(16,17)10-4-6-11(7-5-10)20-13(21)22-19-9-12-3-1-2-8-18-12/h1-9H,(H,20,21)/b19-9+. The first kappa shape index (κ1) is 15.5. The number of hydrogen-bond acceptors (Lipinski definition) is 4. The van der Waals surface area contributed by atoms with Crippen molar-refractivity contribution in [2.75, 3.05) is 5.32 Å². The largest absolute Gasteiger partial charge is 0.437 e. The Labute approximate surface area is 123 Å². The second-order valence-electron chi connectivity index (χ2n) is 4.07. The van der Waals surface area contributed by atoms with Gasteiger partial charge in [0, 0.05) is 11.9 Å². The van der Waals surface area contributed by atoms with Crippen molar-refractivity contribution in [1.29, 1.82) is 0 Å². The molecule has 0 atom stereocenters. The molecule has 8 heteroatoms. The maximum atomic E-state index is 12.4. The molecule has 22 heavy (non-hydrogen) atoms. The summed E-state index contributed by atoms with van der Waals surface area (Å²) in [6.45, 7) is 0. The van der Waals surface area contributed by atoms with Crippen LogP contribution in [-0.4, -0.2) is 17.3 Å². The summed E-state index contributed by atoms with van der Waals surface area (Å²) >= 11 is 0. The Morgan fingerprint density at radius 1 is 1.18 bits per heavy atom. The summed E-state index contributed by atoms with van der Waals surface area (Å²) < 4.78 is 37.1. The molecule has 1 N–H and O–H groups in total. The van der Waals surface area contributed by atoms with Gasteiger partial charge in [0.25, 0.3) is 0 Å². The topological polar surface area (TPSA) is 63.6 Å². The lowest BCUT2D eigenvalue weighted by Gasteiger charge is -2.07. The van der Waals surface area contributed by atoms with Crippen molar-refractivity contribution in [3.8, 4) is 0 Å². The number of benzene rings is 1. The van der Waals surface area contributed by atoms with E-state index in [1.807, 2.05) is 0 Å². The summed E-state index contributed by atoms with van der Waals surface area (Å²) in [5.41, 5.74) is -0.157. The van der Waals surface area contributed by atoms with Gasteiger partial charge in [-0.2, -0.15) is 13.2 Å². The molecule has 0 bridgehead atoms. The summed E-state index contributed by atoms with van der Waals surface area (Å²) in [5.74, 6) is 0. The van der Waals surface area contributed by atoms with Gasteiger partial charge in [0.2, 0.25) is 0 Å². The Kier molecular flexibility index (Phi) is 4.72. The molecule has 0 spiro atoms. The number of amides is 1. The minimum atomic E-state index is -4.42. The molecule has 1 amide bonds. The molecular weight excluding hydrogens is 299 g/mol. The fourth-order valence-electron chi connectivity index (χ4n) is 1.46. The summed E-state index contributed by atoms with van der Waals surface area (Å²) in [4.78, 5) is 19.8. The summed E-state index contributed by atoms with van der Waals surface area (Å²) in [7, 11) is 0. The van der Waals surface area contributed by atoms with Crippen LogP contribution >= 0.6 is 0 Å². The van der Waals surface area contributed by atoms with Gasteiger partial charge < -0.3 is 0 Å². The minimum absolute atomic E-state index is 0.158. The predicted molar refractivity (Wildman–Crippen MR) is 73.4 cm³/mol. The molecule has 5 nitrogen and oxygen atoms in total. The molecule has 0 fully saturated rings. The van der Waals surface area contributed by atoms with Gasteiger partial charge in [-0.1, -0.05) is 11.2 Å². The van der Waals surface area contributed by atoms with Crippen LogP contribution in [0.3, 0.4) is 0 Å². The van der Waals surface area contributed by atoms with E-state index in [0.29, 0.717) is 5.69 Å². The zero-order valence-electron chi connectivity index (χ0n) is 11.0. The fourth-order valence-corrected chi connectivity index (χ4v) is 1.46.